The fourth-order valence-electron chi connectivity index (χ4n) is 1.68. The Hall–Kier alpha value is -1.36. The Morgan fingerprint density at radius 3 is 2.74 bits per heavy atom. The van der Waals surface area contributed by atoms with Crippen LogP contribution in [0.2, 0.25) is 0 Å². The third-order valence-corrected chi connectivity index (χ3v) is 4.03. The zero-order valence-electron chi connectivity index (χ0n) is 11.2. The first-order valence-electron chi connectivity index (χ1n) is 6.12. The van der Waals surface area contributed by atoms with Crippen LogP contribution in [0.5, 0.6) is 0 Å². The molecule has 1 aromatic rings. The van der Waals surface area contributed by atoms with Gasteiger partial charge in [0.15, 0.2) is 0 Å². The Morgan fingerprint density at radius 2 is 2.21 bits per heavy atom. The lowest BCUT2D eigenvalue weighted by molar-refractivity contribution is 0.413. The maximum absolute atomic E-state index is 11.3. The molecule has 0 aliphatic heterocycles. The quantitative estimate of drug-likeness (QED) is 0.717. The summed E-state index contributed by atoms with van der Waals surface area (Å²) >= 11 is 0. The van der Waals surface area contributed by atoms with Gasteiger partial charge in [0.2, 0.25) is 15.8 Å². The molecular formula is C12H19N3O3S. The zero-order chi connectivity index (χ0) is 14.3. The fraction of sp³-hybridized carbons (Fsp3) is 0.583. The lowest BCUT2D eigenvalue weighted by Gasteiger charge is -2.17. The van der Waals surface area contributed by atoms with E-state index in [0.717, 1.165) is 6.42 Å². The number of nitrogens with one attached hydrogen (secondary N) is 1. The molecule has 0 amide bonds. The minimum absolute atomic E-state index is 0.297. The highest BCUT2D eigenvalue weighted by Crippen LogP contribution is 2.05. The minimum atomic E-state index is -3.10. The smallest absolute Gasteiger partial charge is 0.211 e. The van der Waals surface area contributed by atoms with Gasteiger partial charge in [-0.3, -0.25) is 0 Å². The summed E-state index contributed by atoms with van der Waals surface area (Å²) in [5.74, 6) is 0.998. The van der Waals surface area contributed by atoms with Crippen molar-refractivity contribution in [1.82, 2.24) is 9.62 Å². The molecule has 0 spiro atoms. The average molecular weight is 285 g/mol. The van der Waals surface area contributed by atoms with E-state index in [1.54, 1.807) is 12.1 Å². The van der Waals surface area contributed by atoms with Gasteiger partial charge in [-0.2, -0.15) is 5.26 Å². The van der Waals surface area contributed by atoms with Crippen molar-refractivity contribution in [1.29, 1.82) is 5.26 Å². The molecule has 0 saturated carbocycles. The summed E-state index contributed by atoms with van der Waals surface area (Å²) in [6.07, 6.45) is 1.95. The van der Waals surface area contributed by atoms with Crippen LogP contribution >= 0.6 is 0 Å². The van der Waals surface area contributed by atoms with Crippen molar-refractivity contribution in [3.8, 4) is 6.07 Å². The Bertz CT molecular complexity index is 531. The van der Waals surface area contributed by atoms with Crippen molar-refractivity contribution in [3.05, 3.63) is 23.7 Å². The van der Waals surface area contributed by atoms with Gasteiger partial charge >= 0.3 is 0 Å². The lowest BCUT2D eigenvalue weighted by Crippen LogP contribution is -2.32. The summed E-state index contributed by atoms with van der Waals surface area (Å²) in [5.41, 5.74) is 0. The van der Waals surface area contributed by atoms with Crippen LogP contribution in [0.4, 0.5) is 0 Å². The van der Waals surface area contributed by atoms with Gasteiger partial charge in [-0.15, -0.1) is 0 Å². The first-order chi connectivity index (χ1) is 8.97. The second-order valence-electron chi connectivity index (χ2n) is 4.16. The van der Waals surface area contributed by atoms with Crippen molar-refractivity contribution in [3.63, 3.8) is 0 Å². The molecule has 1 heterocycles. The molecule has 1 N–H and O–H groups in total. The van der Waals surface area contributed by atoms with Gasteiger partial charge in [-0.05, 0) is 25.1 Å². The van der Waals surface area contributed by atoms with E-state index in [4.69, 9.17) is 9.68 Å². The van der Waals surface area contributed by atoms with Crippen LogP contribution in [0.25, 0.3) is 0 Å². The van der Waals surface area contributed by atoms with Gasteiger partial charge in [0.25, 0.3) is 0 Å². The van der Waals surface area contributed by atoms with E-state index in [9.17, 15) is 8.42 Å². The maximum Gasteiger partial charge on any atom is 0.211 e. The van der Waals surface area contributed by atoms with Crippen LogP contribution in [-0.4, -0.2) is 38.6 Å². The van der Waals surface area contributed by atoms with Crippen molar-refractivity contribution in [2.75, 3.05) is 25.9 Å². The second kappa shape index (κ2) is 7.28. The van der Waals surface area contributed by atoms with Gasteiger partial charge in [0, 0.05) is 13.1 Å². The Kier molecular flexibility index (Phi) is 6.02. The number of sulfonamides is 1. The number of hydrogen-bond acceptors (Lipinski definition) is 5. The van der Waals surface area contributed by atoms with Crippen LogP contribution in [0, 0.1) is 11.3 Å². The molecule has 19 heavy (non-hydrogen) atoms. The molecule has 0 atom stereocenters. The standard InChI is InChI=1S/C12H19N3O3S/c1-3-15(19(2,16)17)8-4-7-14-10-12-6-5-11(9-13)18-12/h5-6,14H,3-4,7-8,10H2,1-2H3. The molecule has 0 fully saturated rings. The second-order valence-corrected chi connectivity index (χ2v) is 6.15. The highest BCUT2D eigenvalue weighted by Gasteiger charge is 2.12. The number of rotatable bonds is 8. The largest absolute Gasteiger partial charge is 0.449 e. The maximum atomic E-state index is 11.3. The predicted molar refractivity (Wildman–Crippen MR) is 71.8 cm³/mol. The molecule has 0 unspecified atom stereocenters. The van der Waals surface area contributed by atoms with Crippen LogP contribution in [0.3, 0.4) is 0 Å². The number of nitrogens with zero attached hydrogens (tertiary/aromatic N) is 2. The van der Waals surface area contributed by atoms with E-state index in [1.807, 2.05) is 13.0 Å². The number of nitriles is 1. The van der Waals surface area contributed by atoms with Crippen LogP contribution < -0.4 is 5.32 Å². The van der Waals surface area contributed by atoms with Crippen molar-refractivity contribution in [2.24, 2.45) is 0 Å². The molecule has 1 rings (SSSR count). The Labute approximate surface area is 114 Å². The molecule has 106 valence electrons. The van der Waals surface area contributed by atoms with Gasteiger partial charge in [0.05, 0.1) is 12.8 Å². The first-order valence-corrected chi connectivity index (χ1v) is 7.97. The molecule has 0 bridgehead atoms. The molecular weight excluding hydrogens is 266 g/mol. The minimum Gasteiger partial charge on any atom is -0.449 e. The Morgan fingerprint density at radius 1 is 1.47 bits per heavy atom. The third-order valence-electron chi connectivity index (χ3n) is 2.65. The molecule has 1 aromatic heterocycles. The van der Waals surface area contributed by atoms with Crippen LogP contribution in [0.1, 0.15) is 24.9 Å². The fourth-order valence-corrected chi connectivity index (χ4v) is 2.61. The molecule has 6 nitrogen and oxygen atoms in total. The molecule has 0 aliphatic carbocycles. The summed E-state index contributed by atoms with van der Waals surface area (Å²) in [7, 11) is -3.10. The Balaban J connectivity index is 2.23. The molecule has 0 aliphatic rings. The predicted octanol–water partition coefficient (Wildman–Crippen LogP) is 0.912. The normalized spacial score (nSPS) is 11.7. The van der Waals surface area contributed by atoms with Crippen molar-refractivity contribution < 1.29 is 12.8 Å². The van der Waals surface area contributed by atoms with E-state index in [-0.39, 0.29) is 0 Å². The average Bonchev–Trinajstić information content (AvgIpc) is 2.80. The van der Waals surface area contributed by atoms with Gasteiger partial charge in [0.1, 0.15) is 11.8 Å². The van der Waals surface area contributed by atoms with Crippen LogP contribution in [-0.2, 0) is 16.6 Å². The SMILES string of the molecule is CCN(CCCNCc1ccc(C#N)o1)S(C)(=O)=O. The van der Waals surface area contributed by atoms with E-state index in [0.29, 0.717) is 37.7 Å². The van der Waals surface area contributed by atoms with Gasteiger partial charge in [-0.25, -0.2) is 12.7 Å². The van der Waals surface area contributed by atoms with Crippen molar-refractivity contribution in [2.45, 2.75) is 19.9 Å². The van der Waals surface area contributed by atoms with E-state index >= 15 is 0 Å². The summed E-state index contributed by atoms with van der Waals surface area (Å²) < 4.78 is 29.3. The van der Waals surface area contributed by atoms with Crippen LogP contribution in [0.15, 0.2) is 16.5 Å². The molecule has 0 aromatic carbocycles. The van der Waals surface area contributed by atoms with E-state index < -0.39 is 10.0 Å². The number of furan rings is 1. The summed E-state index contributed by atoms with van der Waals surface area (Å²) in [5, 5.41) is 11.7. The summed E-state index contributed by atoms with van der Waals surface area (Å²) in [6.45, 7) is 4.04. The van der Waals surface area contributed by atoms with E-state index in [2.05, 4.69) is 5.32 Å². The third kappa shape index (κ3) is 5.42. The summed E-state index contributed by atoms with van der Waals surface area (Å²) in [6, 6.07) is 5.30. The number of hydrogen-bond donors (Lipinski definition) is 1. The highest BCUT2D eigenvalue weighted by molar-refractivity contribution is 7.88. The lowest BCUT2D eigenvalue weighted by atomic mass is 10.4. The summed E-state index contributed by atoms with van der Waals surface area (Å²) in [4.78, 5) is 0. The first kappa shape index (κ1) is 15.7. The molecule has 0 radical (unpaired) electrons. The topological polar surface area (TPSA) is 86.3 Å². The van der Waals surface area contributed by atoms with Gasteiger partial charge in [-0.1, -0.05) is 6.92 Å². The zero-order valence-corrected chi connectivity index (χ0v) is 12.0. The van der Waals surface area contributed by atoms with Gasteiger partial charge < -0.3 is 9.73 Å². The highest BCUT2D eigenvalue weighted by atomic mass is 32.2. The molecule has 0 saturated heterocycles. The monoisotopic (exact) mass is 285 g/mol. The van der Waals surface area contributed by atoms with Crippen molar-refractivity contribution >= 4 is 10.0 Å². The van der Waals surface area contributed by atoms with E-state index in [1.165, 1.54) is 10.6 Å². The molecule has 7 heteroatoms.